The van der Waals surface area contributed by atoms with Gasteiger partial charge in [0.2, 0.25) is 5.91 Å². The van der Waals surface area contributed by atoms with Crippen LogP contribution in [0.3, 0.4) is 0 Å². The van der Waals surface area contributed by atoms with E-state index < -0.39 is 0 Å². The molecule has 4 rings (SSSR count). The average molecular weight is 563 g/mol. The molecule has 1 aliphatic heterocycles. The Morgan fingerprint density at radius 2 is 2.08 bits per heavy atom. The number of aromatic nitrogens is 1. The number of carbonyl (C=O) groups excluding carboxylic acids is 1. The Labute approximate surface area is 240 Å². The number of benzene rings is 2. The predicted octanol–water partition coefficient (Wildman–Crippen LogP) is 5.71. The molecular weight excluding hydrogens is 528 g/mol. The van der Waals surface area contributed by atoms with Crippen molar-refractivity contribution >= 4 is 34.6 Å². The number of hydrogen-bond acceptors (Lipinski definition) is 8. The van der Waals surface area contributed by atoms with Gasteiger partial charge in [-0.1, -0.05) is 17.7 Å². The summed E-state index contributed by atoms with van der Waals surface area (Å²) < 4.78 is 11.7. The molecule has 1 amide bonds. The number of fused-ring (bicyclic) bond motifs is 1. The highest BCUT2D eigenvalue weighted by Crippen LogP contribution is 2.42. The number of nitriles is 1. The summed E-state index contributed by atoms with van der Waals surface area (Å²) in [5.41, 5.74) is 3.98. The van der Waals surface area contributed by atoms with Gasteiger partial charge < -0.3 is 30.3 Å². The number of carbonyl (C=O) groups is 1. The molecule has 3 aromatic rings. The monoisotopic (exact) mass is 562 g/mol. The summed E-state index contributed by atoms with van der Waals surface area (Å²) in [7, 11) is 3.97. The first-order valence-corrected chi connectivity index (χ1v) is 13.7. The molecule has 0 aliphatic carbocycles. The van der Waals surface area contributed by atoms with Crippen molar-refractivity contribution in [1.29, 1.82) is 5.26 Å². The number of pyridine rings is 1. The second-order valence-electron chi connectivity index (χ2n) is 9.86. The lowest BCUT2D eigenvalue weighted by Gasteiger charge is -2.33. The Morgan fingerprint density at radius 1 is 1.23 bits per heavy atom. The smallest absolute Gasteiger partial charge is 0.224 e. The first-order valence-electron chi connectivity index (χ1n) is 13.3. The lowest BCUT2D eigenvalue weighted by Crippen LogP contribution is -2.31. The van der Waals surface area contributed by atoms with Crippen LogP contribution in [-0.4, -0.2) is 49.6 Å². The van der Waals surface area contributed by atoms with E-state index in [4.69, 9.17) is 21.1 Å². The van der Waals surface area contributed by atoms with Gasteiger partial charge in [0.05, 0.1) is 35.3 Å². The molecule has 0 bridgehead atoms. The third-order valence-corrected chi connectivity index (χ3v) is 6.82. The van der Waals surface area contributed by atoms with Crippen molar-refractivity contribution in [2.45, 2.75) is 32.4 Å². The summed E-state index contributed by atoms with van der Waals surface area (Å²) in [6.07, 6.45) is 4.61. The summed E-state index contributed by atoms with van der Waals surface area (Å²) in [4.78, 5) is 18.9. The van der Waals surface area contributed by atoms with Gasteiger partial charge in [-0.15, -0.1) is 0 Å². The Hall–Kier alpha value is -4.00. The number of rotatable bonds is 12. The van der Waals surface area contributed by atoms with Crippen molar-refractivity contribution in [2.75, 3.05) is 49.7 Å². The average Bonchev–Trinajstić information content (AvgIpc) is 2.94. The Bertz CT molecular complexity index is 1350. The molecule has 0 saturated carbocycles. The van der Waals surface area contributed by atoms with Gasteiger partial charge in [0, 0.05) is 53.9 Å². The van der Waals surface area contributed by atoms with E-state index in [0.29, 0.717) is 48.4 Å². The van der Waals surface area contributed by atoms with E-state index in [9.17, 15) is 10.1 Å². The highest BCUT2D eigenvalue weighted by Gasteiger charge is 2.31. The summed E-state index contributed by atoms with van der Waals surface area (Å²) in [5.74, 6) is 0.692. The molecule has 2 heterocycles. The minimum atomic E-state index is -0.366. The molecule has 40 heavy (non-hydrogen) atoms. The highest BCUT2D eigenvalue weighted by atomic mass is 35.5. The first kappa shape index (κ1) is 29.0. The SMILES string of the molecule is CCOc1cc2c(cc1NC(=O)CCCN(C)C)C(Nc1ccc(OCc3cccnc3)c(Cl)c1)C(C#N)CN2. The molecule has 210 valence electrons. The second-order valence-corrected chi connectivity index (χ2v) is 10.3. The fourth-order valence-electron chi connectivity index (χ4n) is 4.53. The van der Waals surface area contributed by atoms with Crippen LogP contribution in [0.1, 0.15) is 36.9 Å². The van der Waals surface area contributed by atoms with Crippen molar-refractivity contribution in [1.82, 2.24) is 9.88 Å². The molecule has 2 atom stereocenters. The zero-order chi connectivity index (χ0) is 28.5. The molecule has 0 spiro atoms. The minimum absolute atomic E-state index is 0.0819. The zero-order valence-corrected chi connectivity index (χ0v) is 23.8. The molecule has 0 saturated heterocycles. The van der Waals surface area contributed by atoms with Gasteiger partial charge in [-0.25, -0.2) is 0 Å². The Morgan fingerprint density at radius 3 is 2.77 bits per heavy atom. The molecule has 1 aliphatic rings. The maximum Gasteiger partial charge on any atom is 0.224 e. The molecule has 3 N–H and O–H groups in total. The largest absolute Gasteiger partial charge is 0.492 e. The molecule has 9 nitrogen and oxygen atoms in total. The van der Waals surface area contributed by atoms with Crippen molar-refractivity contribution in [2.24, 2.45) is 5.92 Å². The topological polar surface area (TPSA) is 112 Å². The van der Waals surface area contributed by atoms with Crippen molar-refractivity contribution in [3.05, 3.63) is 71.0 Å². The molecule has 1 aromatic heterocycles. The Kier molecular flexibility index (Phi) is 10.1. The molecular formula is C30H35ClN6O3. The number of halogens is 1. The summed E-state index contributed by atoms with van der Waals surface area (Å²) >= 11 is 6.56. The number of anilines is 3. The number of amides is 1. The van der Waals surface area contributed by atoms with Crippen LogP contribution in [-0.2, 0) is 11.4 Å². The summed E-state index contributed by atoms with van der Waals surface area (Å²) in [5, 5.41) is 20.3. The molecule has 0 fully saturated rings. The van der Waals surface area contributed by atoms with Gasteiger partial charge in [-0.3, -0.25) is 9.78 Å². The van der Waals surface area contributed by atoms with Crippen LogP contribution in [0.15, 0.2) is 54.9 Å². The third kappa shape index (κ3) is 7.56. The quantitative estimate of drug-likeness (QED) is 0.257. The molecule has 10 heteroatoms. The van der Waals surface area contributed by atoms with Crippen LogP contribution >= 0.6 is 11.6 Å². The van der Waals surface area contributed by atoms with Crippen LogP contribution < -0.4 is 25.4 Å². The normalized spacial score (nSPS) is 15.9. The molecule has 0 radical (unpaired) electrons. The fourth-order valence-corrected chi connectivity index (χ4v) is 4.77. The van der Waals surface area contributed by atoms with Crippen molar-refractivity contribution in [3.8, 4) is 17.6 Å². The highest BCUT2D eigenvalue weighted by molar-refractivity contribution is 6.32. The summed E-state index contributed by atoms with van der Waals surface area (Å²) in [6, 6.07) is 15.1. The molecule has 2 unspecified atom stereocenters. The van der Waals surface area contributed by atoms with E-state index in [0.717, 1.165) is 35.5 Å². The van der Waals surface area contributed by atoms with E-state index in [1.54, 1.807) is 18.5 Å². The molecule has 2 aromatic carbocycles. The van der Waals surface area contributed by atoms with Gasteiger partial charge in [-0.05, 0) is 64.3 Å². The van der Waals surface area contributed by atoms with E-state index in [2.05, 4.69) is 27.0 Å². The van der Waals surface area contributed by atoms with Gasteiger partial charge in [0.1, 0.15) is 18.1 Å². The van der Waals surface area contributed by atoms with E-state index in [1.807, 2.05) is 62.3 Å². The predicted molar refractivity (Wildman–Crippen MR) is 158 cm³/mol. The van der Waals surface area contributed by atoms with E-state index in [-0.39, 0.29) is 17.9 Å². The fraction of sp³-hybridized carbons (Fsp3) is 0.367. The van der Waals surface area contributed by atoms with Crippen LogP contribution in [0, 0.1) is 17.2 Å². The zero-order valence-electron chi connectivity index (χ0n) is 23.0. The van der Waals surface area contributed by atoms with Crippen molar-refractivity contribution in [3.63, 3.8) is 0 Å². The van der Waals surface area contributed by atoms with E-state index >= 15 is 0 Å². The maximum atomic E-state index is 12.7. The van der Waals surface area contributed by atoms with Gasteiger partial charge >= 0.3 is 0 Å². The van der Waals surface area contributed by atoms with Gasteiger partial charge in [0.15, 0.2) is 0 Å². The second kappa shape index (κ2) is 13.9. The first-order chi connectivity index (χ1) is 19.4. The number of nitrogens with zero attached hydrogens (tertiary/aromatic N) is 3. The standard InChI is InChI=1S/C30H35ClN6O3/c1-4-39-28-15-25-23(14-26(28)36-29(38)8-6-12-37(2)3)30(21(16-32)18-34-25)35-22-9-10-27(24(31)13-22)40-19-20-7-5-11-33-17-20/h5,7,9-11,13-15,17,21,30,34-35H,4,6,8,12,18-19H2,1-3H3,(H,36,38). The van der Waals surface area contributed by atoms with E-state index in [1.165, 1.54) is 0 Å². The summed E-state index contributed by atoms with van der Waals surface area (Å²) in [6.45, 7) is 4.00. The lowest BCUT2D eigenvalue weighted by molar-refractivity contribution is -0.116. The minimum Gasteiger partial charge on any atom is -0.492 e. The van der Waals surface area contributed by atoms with Gasteiger partial charge in [-0.2, -0.15) is 5.26 Å². The number of ether oxygens (including phenoxy) is 2. The van der Waals surface area contributed by atoms with Crippen LogP contribution in [0.4, 0.5) is 17.1 Å². The third-order valence-electron chi connectivity index (χ3n) is 6.52. The van der Waals surface area contributed by atoms with Crippen molar-refractivity contribution < 1.29 is 14.3 Å². The van der Waals surface area contributed by atoms with Gasteiger partial charge in [0.25, 0.3) is 0 Å². The number of hydrogen-bond donors (Lipinski definition) is 3. The van der Waals surface area contributed by atoms with Crippen LogP contribution in [0.25, 0.3) is 0 Å². The Balaban J connectivity index is 1.55. The lowest BCUT2D eigenvalue weighted by atomic mass is 9.88. The number of nitrogens with one attached hydrogen (secondary N) is 3. The van der Waals surface area contributed by atoms with Crippen LogP contribution in [0.2, 0.25) is 5.02 Å². The van der Waals surface area contributed by atoms with Crippen LogP contribution in [0.5, 0.6) is 11.5 Å². The maximum absolute atomic E-state index is 12.7.